The van der Waals surface area contributed by atoms with E-state index in [1.807, 2.05) is 6.92 Å². The van der Waals surface area contributed by atoms with E-state index in [9.17, 15) is 9.59 Å². The zero-order chi connectivity index (χ0) is 10.4. The average Bonchev–Trinajstić information content (AvgIpc) is 1.98. The van der Waals surface area contributed by atoms with Crippen LogP contribution in [0.1, 0.15) is 33.1 Å². The first-order chi connectivity index (χ1) is 5.97. The summed E-state index contributed by atoms with van der Waals surface area (Å²) in [7, 11) is 0. The molecule has 76 valence electrons. The smallest absolute Gasteiger partial charge is 0.303 e. The number of aliphatic carboxylic acids is 2. The van der Waals surface area contributed by atoms with Crippen LogP contribution < -0.4 is 0 Å². The van der Waals surface area contributed by atoms with Gasteiger partial charge in [-0.05, 0) is 11.8 Å². The lowest BCUT2D eigenvalue weighted by Crippen LogP contribution is -2.18. The molecule has 0 aromatic carbocycles. The second kappa shape index (κ2) is 5.56. The molecule has 2 unspecified atom stereocenters. The molecule has 13 heavy (non-hydrogen) atoms. The average molecular weight is 188 g/mol. The minimum atomic E-state index is -0.865. The molecule has 2 atom stereocenters. The van der Waals surface area contributed by atoms with Gasteiger partial charge in [0, 0.05) is 12.8 Å². The lowest BCUT2D eigenvalue weighted by Gasteiger charge is -2.18. The highest BCUT2D eigenvalue weighted by Gasteiger charge is 2.20. The second-order valence-corrected chi connectivity index (χ2v) is 3.34. The summed E-state index contributed by atoms with van der Waals surface area (Å²) < 4.78 is 0. The van der Waals surface area contributed by atoms with Crippen LogP contribution in [0.2, 0.25) is 0 Å². The van der Waals surface area contributed by atoms with Crippen LogP contribution in [0.15, 0.2) is 0 Å². The fourth-order valence-corrected chi connectivity index (χ4v) is 1.41. The highest BCUT2D eigenvalue weighted by atomic mass is 16.4. The molecule has 2 N–H and O–H groups in total. The van der Waals surface area contributed by atoms with E-state index in [4.69, 9.17) is 10.2 Å². The lowest BCUT2D eigenvalue weighted by atomic mass is 9.86. The largest absolute Gasteiger partial charge is 0.481 e. The van der Waals surface area contributed by atoms with Crippen molar-refractivity contribution >= 4 is 11.9 Å². The van der Waals surface area contributed by atoms with Crippen LogP contribution in [-0.4, -0.2) is 22.2 Å². The molecule has 0 rings (SSSR count). The molecule has 0 aliphatic heterocycles. The van der Waals surface area contributed by atoms with Gasteiger partial charge in [-0.3, -0.25) is 9.59 Å². The Morgan fingerprint density at radius 2 is 1.62 bits per heavy atom. The number of carbonyl (C=O) groups is 2. The van der Waals surface area contributed by atoms with Crippen molar-refractivity contribution in [1.29, 1.82) is 0 Å². The first-order valence-electron chi connectivity index (χ1n) is 4.41. The normalized spacial score (nSPS) is 14.9. The van der Waals surface area contributed by atoms with Gasteiger partial charge < -0.3 is 10.2 Å². The van der Waals surface area contributed by atoms with Gasteiger partial charge in [0.15, 0.2) is 0 Å². The molecule has 0 spiro atoms. The number of carboxylic acids is 2. The van der Waals surface area contributed by atoms with Crippen molar-refractivity contribution in [2.45, 2.75) is 33.1 Å². The predicted octanol–water partition coefficient (Wildman–Crippen LogP) is 1.60. The van der Waals surface area contributed by atoms with Crippen molar-refractivity contribution in [3.05, 3.63) is 0 Å². The molecule has 0 bridgehead atoms. The van der Waals surface area contributed by atoms with Gasteiger partial charge in [0.2, 0.25) is 0 Å². The summed E-state index contributed by atoms with van der Waals surface area (Å²) in [6.07, 6.45) is 0.817. The number of carboxylic acid groups (broad SMARTS) is 2. The zero-order valence-corrected chi connectivity index (χ0v) is 7.99. The molecule has 0 aromatic rings. The van der Waals surface area contributed by atoms with E-state index < -0.39 is 11.9 Å². The summed E-state index contributed by atoms with van der Waals surface area (Å²) in [5, 5.41) is 17.1. The number of rotatable bonds is 6. The Morgan fingerprint density at radius 1 is 1.15 bits per heavy atom. The topological polar surface area (TPSA) is 74.6 Å². The second-order valence-electron chi connectivity index (χ2n) is 3.34. The van der Waals surface area contributed by atoms with Crippen LogP contribution in [-0.2, 0) is 9.59 Å². The first kappa shape index (κ1) is 11.9. The van der Waals surface area contributed by atoms with Crippen molar-refractivity contribution < 1.29 is 19.8 Å². The van der Waals surface area contributed by atoms with Gasteiger partial charge in [0.05, 0.1) is 0 Å². The predicted molar refractivity (Wildman–Crippen MR) is 47.5 cm³/mol. The van der Waals surface area contributed by atoms with Crippen LogP contribution in [0.25, 0.3) is 0 Å². The Balaban J connectivity index is 4.06. The highest BCUT2D eigenvalue weighted by molar-refractivity contribution is 5.68. The van der Waals surface area contributed by atoms with Crippen molar-refractivity contribution in [3.8, 4) is 0 Å². The van der Waals surface area contributed by atoms with E-state index in [0.717, 1.165) is 0 Å². The summed E-state index contributed by atoms with van der Waals surface area (Å²) in [6.45, 7) is 3.66. The van der Waals surface area contributed by atoms with Gasteiger partial charge in [-0.2, -0.15) is 0 Å². The van der Waals surface area contributed by atoms with E-state index in [-0.39, 0.29) is 24.7 Å². The third-order valence-electron chi connectivity index (χ3n) is 2.26. The summed E-state index contributed by atoms with van der Waals surface area (Å²) in [6, 6.07) is 0. The van der Waals surface area contributed by atoms with Crippen LogP contribution in [0.4, 0.5) is 0 Å². The molecule has 0 aliphatic carbocycles. The lowest BCUT2D eigenvalue weighted by molar-refractivity contribution is -0.141. The Kier molecular flexibility index (Phi) is 5.11. The molecule has 0 amide bonds. The Hall–Kier alpha value is -1.06. The summed E-state index contributed by atoms with van der Waals surface area (Å²) in [4.78, 5) is 20.8. The van der Waals surface area contributed by atoms with Crippen LogP contribution >= 0.6 is 0 Å². The third-order valence-corrected chi connectivity index (χ3v) is 2.26. The standard InChI is InChI=1S/C9H16O4/c1-3-7(5-9(12)13)6(2)4-8(10)11/h6-7H,3-5H2,1-2H3,(H,10,11)(H,12,13). The van der Waals surface area contributed by atoms with E-state index in [2.05, 4.69) is 0 Å². The molecule has 4 nitrogen and oxygen atoms in total. The SMILES string of the molecule is CCC(CC(=O)O)C(C)CC(=O)O. The minimum Gasteiger partial charge on any atom is -0.481 e. The fraction of sp³-hybridized carbons (Fsp3) is 0.778. The molecule has 0 radical (unpaired) electrons. The van der Waals surface area contributed by atoms with Crippen molar-refractivity contribution in [2.24, 2.45) is 11.8 Å². The van der Waals surface area contributed by atoms with Gasteiger partial charge in [-0.15, -0.1) is 0 Å². The van der Waals surface area contributed by atoms with Crippen LogP contribution in [0.3, 0.4) is 0 Å². The van der Waals surface area contributed by atoms with E-state index in [1.54, 1.807) is 6.92 Å². The van der Waals surface area contributed by atoms with E-state index in [1.165, 1.54) is 0 Å². The fourth-order valence-electron chi connectivity index (χ4n) is 1.41. The zero-order valence-electron chi connectivity index (χ0n) is 7.99. The molecule has 0 fully saturated rings. The molecule has 4 heteroatoms. The van der Waals surface area contributed by atoms with Gasteiger partial charge in [-0.25, -0.2) is 0 Å². The van der Waals surface area contributed by atoms with Crippen molar-refractivity contribution in [1.82, 2.24) is 0 Å². The molecule has 0 saturated carbocycles. The summed E-state index contributed by atoms with van der Waals surface area (Å²) >= 11 is 0. The molecule has 0 aromatic heterocycles. The van der Waals surface area contributed by atoms with Gasteiger partial charge in [0.1, 0.15) is 0 Å². The maximum atomic E-state index is 10.4. The van der Waals surface area contributed by atoms with Gasteiger partial charge in [0.25, 0.3) is 0 Å². The van der Waals surface area contributed by atoms with Gasteiger partial charge in [-0.1, -0.05) is 20.3 Å². The maximum absolute atomic E-state index is 10.4. The monoisotopic (exact) mass is 188 g/mol. The van der Waals surface area contributed by atoms with Crippen molar-refractivity contribution in [3.63, 3.8) is 0 Å². The van der Waals surface area contributed by atoms with E-state index in [0.29, 0.717) is 6.42 Å². The van der Waals surface area contributed by atoms with E-state index >= 15 is 0 Å². The molecule has 0 saturated heterocycles. The quantitative estimate of drug-likeness (QED) is 0.663. The van der Waals surface area contributed by atoms with Gasteiger partial charge >= 0.3 is 11.9 Å². The summed E-state index contributed by atoms with van der Waals surface area (Å²) in [5.41, 5.74) is 0. The summed E-state index contributed by atoms with van der Waals surface area (Å²) in [5.74, 6) is -1.83. The Labute approximate surface area is 77.6 Å². The van der Waals surface area contributed by atoms with Crippen molar-refractivity contribution in [2.75, 3.05) is 0 Å². The maximum Gasteiger partial charge on any atom is 0.303 e. The number of hydrogen-bond acceptors (Lipinski definition) is 2. The third kappa shape index (κ3) is 5.22. The molecule has 0 aliphatic rings. The van der Waals surface area contributed by atoms with Crippen LogP contribution in [0.5, 0.6) is 0 Å². The molecular formula is C9H16O4. The molecular weight excluding hydrogens is 172 g/mol. The molecule has 0 heterocycles. The first-order valence-corrected chi connectivity index (χ1v) is 4.41. The highest BCUT2D eigenvalue weighted by Crippen LogP contribution is 2.22. The minimum absolute atomic E-state index is 0.0337. The Bertz CT molecular complexity index is 188. The number of hydrogen-bond donors (Lipinski definition) is 2. The van der Waals surface area contributed by atoms with Crippen LogP contribution in [0, 0.1) is 11.8 Å². The Morgan fingerprint density at radius 3 is 1.92 bits per heavy atom.